The fraction of sp³-hybridized carbons (Fsp3) is 1.00. The van der Waals surface area contributed by atoms with E-state index >= 15 is 0 Å². The molecule has 1 heterocycles. The lowest BCUT2D eigenvalue weighted by Crippen LogP contribution is -2.58. The van der Waals surface area contributed by atoms with Gasteiger partial charge in [-0.1, -0.05) is 51.4 Å². The summed E-state index contributed by atoms with van der Waals surface area (Å²) in [6.07, 6.45) is 16.3. The molecule has 3 aliphatic rings. The molecule has 2 aliphatic carbocycles. The summed E-state index contributed by atoms with van der Waals surface area (Å²) in [4.78, 5) is 2.81. The van der Waals surface area contributed by atoms with Gasteiger partial charge in [0.25, 0.3) is 0 Å². The zero-order chi connectivity index (χ0) is 14.5. The van der Waals surface area contributed by atoms with Crippen LogP contribution in [0.15, 0.2) is 0 Å². The van der Waals surface area contributed by atoms with Crippen molar-refractivity contribution in [2.75, 3.05) is 19.6 Å². The molecule has 2 saturated carbocycles. The van der Waals surface area contributed by atoms with Crippen molar-refractivity contribution >= 4 is 0 Å². The largest absolute Gasteiger partial charge is 0.311 e. The van der Waals surface area contributed by atoms with Crippen molar-refractivity contribution in [3.63, 3.8) is 0 Å². The summed E-state index contributed by atoms with van der Waals surface area (Å²) < 4.78 is 0. The number of rotatable bonds is 4. The smallest absolute Gasteiger partial charge is 0.0224 e. The lowest BCUT2D eigenvalue weighted by Gasteiger charge is -2.43. The third-order valence-electron chi connectivity index (χ3n) is 6.50. The van der Waals surface area contributed by atoms with E-state index in [0.717, 1.165) is 23.9 Å². The highest BCUT2D eigenvalue weighted by molar-refractivity contribution is 4.89. The van der Waals surface area contributed by atoms with Gasteiger partial charge in [0, 0.05) is 25.2 Å². The van der Waals surface area contributed by atoms with E-state index in [0.29, 0.717) is 0 Å². The summed E-state index contributed by atoms with van der Waals surface area (Å²) in [5.41, 5.74) is 0. The molecular weight excluding hydrogens is 256 g/mol. The highest BCUT2D eigenvalue weighted by atomic mass is 15.2. The molecule has 0 aromatic heterocycles. The third kappa shape index (κ3) is 4.45. The molecule has 21 heavy (non-hydrogen) atoms. The predicted molar refractivity (Wildman–Crippen MR) is 90.6 cm³/mol. The van der Waals surface area contributed by atoms with Gasteiger partial charge in [-0.2, -0.15) is 0 Å². The molecule has 3 fully saturated rings. The van der Waals surface area contributed by atoms with Gasteiger partial charge in [-0.05, 0) is 44.6 Å². The molecule has 2 heteroatoms. The molecule has 0 aromatic carbocycles. The molecule has 1 aliphatic heterocycles. The van der Waals surface area contributed by atoms with Crippen molar-refractivity contribution in [1.82, 2.24) is 10.2 Å². The van der Waals surface area contributed by atoms with Crippen molar-refractivity contribution in [3.8, 4) is 0 Å². The predicted octanol–water partition coefficient (Wildman–Crippen LogP) is 4.20. The Morgan fingerprint density at radius 2 is 1.57 bits per heavy atom. The first-order valence-electron chi connectivity index (χ1n) is 9.80. The molecule has 1 N–H and O–H groups in total. The molecule has 3 rings (SSSR count). The second-order valence-electron chi connectivity index (χ2n) is 8.05. The van der Waals surface area contributed by atoms with E-state index in [-0.39, 0.29) is 0 Å². The average molecular weight is 293 g/mol. The fourth-order valence-electron chi connectivity index (χ4n) is 4.94. The minimum atomic E-state index is 0.744. The van der Waals surface area contributed by atoms with E-state index in [2.05, 4.69) is 17.1 Å². The Morgan fingerprint density at radius 1 is 0.905 bits per heavy atom. The minimum absolute atomic E-state index is 0.744. The quantitative estimate of drug-likeness (QED) is 0.835. The van der Waals surface area contributed by atoms with Crippen molar-refractivity contribution in [3.05, 3.63) is 0 Å². The maximum atomic E-state index is 3.86. The second-order valence-corrected chi connectivity index (χ2v) is 8.05. The van der Waals surface area contributed by atoms with Crippen LogP contribution in [-0.2, 0) is 0 Å². The SMILES string of the molecule is CC1CNC(C2CCCCC2)CN1CCC1CCCCC1. The van der Waals surface area contributed by atoms with Crippen molar-refractivity contribution in [2.45, 2.75) is 89.6 Å². The molecule has 0 bridgehead atoms. The van der Waals surface area contributed by atoms with Gasteiger partial charge < -0.3 is 5.32 Å². The minimum Gasteiger partial charge on any atom is -0.311 e. The molecular formula is C19H36N2. The Kier molecular flexibility index (Phi) is 5.99. The van der Waals surface area contributed by atoms with E-state index in [1.807, 2.05) is 0 Å². The van der Waals surface area contributed by atoms with Crippen LogP contribution in [0.5, 0.6) is 0 Å². The standard InChI is InChI=1S/C19H36N2/c1-16-14-20-19(18-10-6-3-7-11-18)15-21(16)13-12-17-8-4-2-5-9-17/h16-20H,2-15H2,1H3. The molecule has 0 aromatic rings. The number of nitrogens with zero attached hydrogens (tertiary/aromatic N) is 1. The van der Waals surface area contributed by atoms with Crippen molar-refractivity contribution in [1.29, 1.82) is 0 Å². The van der Waals surface area contributed by atoms with Crippen molar-refractivity contribution in [2.24, 2.45) is 11.8 Å². The Bertz CT molecular complexity index is 292. The highest BCUT2D eigenvalue weighted by Crippen LogP contribution is 2.30. The van der Waals surface area contributed by atoms with Crippen LogP contribution in [0.4, 0.5) is 0 Å². The van der Waals surface area contributed by atoms with E-state index in [4.69, 9.17) is 0 Å². The molecule has 2 unspecified atom stereocenters. The maximum Gasteiger partial charge on any atom is 0.0224 e. The molecule has 122 valence electrons. The molecule has 2 nitrogen and oxygen atoms in total. The van der Waals surface area contributed by atoms with Gasteiger partial charge in [0.2, 0.25) is 0 Å². The van der Waals surface area contributed by atoms with E-state index in [1.165, 1.54) is 90.3 Å². The molecule has 0 spiro atoms. The Morgan fingerprint density at radius 3 is 2.29 bits per heavy atom. The molecule has 2 atom stereocenters. The van der Waals surface area contributed by atoms with Crippen LogP contribution in [0.2, 0.25) is 0 Å². The first-order chi connectivity index (χ1) is 10.3. The summed E-state index contributed by atoms with van der Waals surface area (Å²) in [5, 5.41) is 3.86. The summed E-state index contributed by atoms with van der Waals surface area (Å²) >= 11 is 0. The van der Waals surface area contributed by atoms with Gasteiger partial charge in [0.05, 0.1) is 0 Å². The maximum absolute atomic E-state index is 3.86. The normalized spacial score (nSPS) is 34.1. The zero-order valence-electron chi connectivity index (χ0n) is 14.2. The fourth-order valence-corrected chi connectivity index (χ4v) is 4.94. The van der Waals surface area contributed by atoms with Crippen LogP contribution in [0.1, 0.15) is 77.6 Å². The number of nitrogens with one attached hydrogen (secondary N) is 1. The van der Waals surface area contributed by atoms with Crippen LogP contribution < -0.4 is 5.32 Å². The van der Waals surface area contributed by atoms with Gasteiger partial charge in [-0.15, -0.1) is 0 Å². The van der Waals surface area contributed by atoms with Crippen LogP contribution >= 0.6 is 0 Å². The van der Waals surface area contributed by atoms with Crippen LogP contribution in [-0.4, -0.2) is 36.6 Å². The molecule has 0 amide bonds. The number of piperazine rings is 1. The zero-order valence-corrected chi connectivity index (χ0v) is 14.2. The Balaban J connectivity index is 1.46. The third-order valence-corrected chi connectivity index (χ3v) is 6.50. The topological polar surface area (TPSA) is 15.3 Å². The van der Waals surface area contributed by atoms with Gasteiger partial charge in [-0.25, -0.2) is 0 Å². The van der Waals surface area contributed by atoms with Crippen LogP contribution in [0.25, 0.3) is 0 Å². The molecule has 1 saturated heterocycles. The van der Waals surface area contributed by atoms with Gasteiger partial charge in [0.1, 0.15) is 0 Å². The first kappa shape index (κ1) is 15.8. The van der Waals surface area contributed by atoms with Crippen LogP contribution in [0.3, 0.4) is 0 Å². The van der Waals surface area contributed by atoms with E-state index in [9.17, 15) is 0 Å². The van der Waals surface area contributed by atoms with Gasteiger partial charge in [0.15, 0.2) is 0 Å². The van der Waals surface area contributed by atoms with E-state index in [1.54, 1.807) is 0 Å². The van der Waals surface area contributed by atoms with Gasteiger partial charge in [-0.3, -0.25) is 4.90 Å². The monoisotopic (exact) mass is 292 g/mol. The Labute approximate surface area is 132 Å². The average Bonchev–Trinajstić information content (AvgIpc) is 2.56. The van der Waals surface area contributed by atoms with Crippen LogP contribution in [0, 0.1) is 11.8 Å². The highest BCUT2D eigenvalue weighted by Gasteiger charge is 2.31. The van der Waals surface area contributed by atoms with Crippen molar-refractivity contribution < 1.29 is 0 Å². The van der Waals surface area contributed by atoms with E-state index < -0.39 is 0 Å². The lowest BCUT2D eigenvalue weighted by molar-refractivity contribution is 0.0960. The summed E-state index contributed by atoms with van der Waals surface area (Å²) in [5.74, 6) is 2.00. The number of hydrogen-bond donors (Lipinski definition) is 1. The second kappa shape index (κ2) is 7.97. The first-order valence-corrected chi connectivity index (χ1v) is 9.80. The summed E-state index contributed by atoms with van der Waals surface area (Å²) in [7, 11) is 0. The lowest BCUT2D eigenvalue weighted by atomic mass is 9.82. The Hall–Kier alpha value is -0.0800. The summed E-state index contributed by atoms with van der Waals surface area (Å²) in [6, 6.07) is 1.53. The number of hydrogen-bond acceptors (Lipinski definition) is 2. The van der Waals surface area contributed by atoms with Gasteiger partial charge >= 0.3 is 0 Å². The summed E-state index contributed by atoms with van der Waals surface area (Å²) in [6.45, 7) is 6.31. The molecule has 0 radical (unpaired) electrons.